The average molecular weight is 316 g/mol. The fraction of sp³-hybridized carbons (Fsp3) is 0.0769. The van der Waals surface area contributed by atoms with E-state index >= 15 is 0 Å². The smallest absolute Gasteiger partial charge is 0.262 e. The van der Waals surface area contributed by atoms with Gasteiger partial charge in [-0.1, -0.05) is 41.4 Å². The van der Waals surface area contributed by atoms with Crippen molar-refractivity contribution < 1.29 is 8.42 Å². The normalized spacial score (nSPS) is 11.3. The Bertz CT molecular complexity index is 714. The summed E-state index contributed by atoms with van der Waals surface area (Å²) in [6.45, 7) is 1.73. The zero-order valence-electron chi connectivity index (χ0n) is 10.0. The van der Waals surface area contributed by atoms with E-state index in [-0.39, 0.29) is 10.6 Å². The van der Waals surface area contributed by atoms with E-state index < -0.39 is 10.0 Å². The predicted molar refractivity (Wildman–Crippen MR) is 78.4 cm³/mol. The minimum atomic E-state index is -3.68. The van der Waals surface area contributed by atoms with Crippen LogP contribution in [0.3, 0.4) is 0 Å². The van der Waals surface area contributed by atoms with Gasteiger partial charge in [0.2, 0.25) is 0 Å². The van der Waals surface area contributed by atoms with E-state index in [1.54, 1.807) is 37.3 Å². The molecule has 2 aromatic rings. The largest absolute Gasteiger partial charge is 0.278 e. The van der Waals surface area contributed by atoms with Crippen molar-refractivity contribution in [2.45, 2.75) is 11.8 Å². The summed E-state index contributed by atoms with van der Waals surface area (Å²) in [5, 5.41) is 0.702. The Morgan fingerprint density at radius 1 is 1.05 bits per heavy atom. The minimum absolute atomic E-state index is 0.214. The van der Waals surface area contributed by atoms with Gasteiger partial charge in [0, 0.05) is 5.02 Å². The summed E-state index contributed by atoms with van der Waals surface area (Å²) < 4.78 is 27.0. The molecular formula is C13H11Cl2NO2S. The lowest BCUT2D eigenvalue weighted by atomic mass is 10.2. The molecule has 0 saturated carbocycles. The van der Waals surface area contributed by atoms with Crippen LogP contribution in [0.4, 0.5) is 5.69 Å². The summed E-state index contributed by atoms with van der Waals surface area (Å²) in [6, 6.07) is 11.3. The van der Waals surface area contributed by atoms with Gasteiger partial charge in [-0.15, -0.1) is 0 Å². The second kappa shape index (κ2) is 5.41. The monoisotopic (exact) mass is 315 g/mol. The maximum Gasteiger partial charge on any atom is 0.262 e. The van der Waals surface area contributed by atoms with Gasteiger partial charge in [-0.3, -0.25) is 4.72 Å². The third-order valence-corrected chi connectivity index (χ3v) is 4.65. The SMILES string of the molecule is Cc1ccccc1S(=O)(=O)Nc1cc(Cl)ccc1Cl. The van der Waals surface area contributed by atoms with E-state index in [2.05, 4.69) is 4.72 Å². The van der Waals surface area contributed by atoms with Gasteiger partial charge in [-0.05, 0) is 36.8 Å². The van der Waals surface area contributed by atoms with Gasteiger partial charge in [0.25, 0.3) is 10.0 Å². The van der Waals surface area contributed by atoms with Crippen molar-refractivity contribution in [3.8, 4) is 0 Å². The predicted octanol–water partition coefficient (Wildman–Crippen LogP) is 4.10. The van der Waals surface area contributed by atoms with Gasteiger partial charge in [0.1, 0.15) is 0 Å². The molecule has 0 aromatic heterocycles. The van der Waals surface area contributed by atoms with Crippen LogP contribution in [-0.4, -0.2) is 8.42 Å². The topological polar surface area (TPSA) is 46.2 Å². The molecule has 1 N–H and O–H groups in total. The molecule has 0 aliphatic rings. The van der Waals surface area contributed by atoms with E-state index in [0.717, 1.165) is 0 Å². The number of hydrogen-bond acceptors (Lipinski definition) is 2. The maximum absolute atomic E-state index is 12.3. The highest BCUT2D eigenvalue weighted by Crippen LogP contribution is 2.28. The van der Waals surface area contributed by atoms with Crippen molar-refractivity contribution >= 4 is 38.9 Å². The fourth-order valence-corrected chi connectivity index (χ4v) is 3.34. The van der Waals surface area contributed by atoms with E-state index in [4.69, 9.17) is 23.2 Å². The van der Waals surface area contributed by atoms with E-state index in [9.17, 15) is 8.42 Å². The Hall–Kier alpha value is -1.23. The van der Waals surface area contributed by atoms with Crippen LogP contribution >= 0.6 is 23.2 Å². The standard InChI is InChI=1S/C13H11Cl2NO2S/c1-9-4-2-3-5-13(9)19(17,18)16-12-8-10(14)6-7-11(12)15/h2-8,16H,1H3. The number of aryl methyl sites for hydroxylation is 1. The van der Waals surface area contributed by atoms with Crippen LogP contribution in [0.25, 0.3) is 0 Å². The summed E-state index contributed by atoms with van der Waals surface area (Å²) >= 11 is 11.8. The van der Waals surface area contributed by atoms with Crippen LogP contribution in [0.1, 0.15) is 5.56 Å². The summed E-state index contributed by atoms with van der Waals surface area (Å²) in [5.74, 6) is 0. The van der Waals surface area contributed by atoms with Gasteiger partial charge in [0.15, 0.2) is 0 Å². The van der Waals surface area contributed by atoms with Crippen LogP contribution in [-0.2, 0) is 10.0 Å². The second-order valence-corrected chi connectivity index (χ2v) is 6.49. The number of halogens is 2. The van der Waals surface area contributed by atoms with Crippen molar-refractivity contribution in [2.24, 2.45) is 0 Å². The van der Waals surface area contributed by atoms with Gasteiger partial charge < -0.3 is 0 Å². The van der Waals surface area contributed by atoms with Gasteiger partial charge in [0.05, 0.1) is 15.6 Å². The third-order valence-electron chi connectivity index (χ3n) is 2.56. The van der Waals surface area contributed by atoms with Crippen molar-refractivity contribution in [1.29, 1.82) is 0 Å². The molecule has 2 rings (SSSR count). The van der Waals surface area contributed by atoms with E-state index in [0.29, 0.717) is 15.6 Å². The summed E-state index contributed by atoms with van der Waals surface area (Å²) in [7, 11) is -3.68. The van der Waals surface area contributed by atoms with Crippen LogP contribution < -0.4 is 4.72 Å². The Morgan fingerprint density at radius 2 is 1.74 bits per heavy atom. The zero-order valence-corrected chi connectivity index (χ0v) is 12.4. The Balaban J connectivity index is 2.43. The molecule has 0 spiro atoms. The van der Waals surface area contributed by atoms with Gasteiger partial charge in [-0.25, -0.2) is 8.42 Å². The highest BCUT2D eigenvalue weighted by atomic mass is 35.5. The molecule has 0 unspecified atom stereocenters. The molecule has 0 fully saturated rings. The molecule has 0 aliphatic carbocycles. The molecule has 0 aliphatic heterocycles. The molecule has 2 aromatic carbocycles. The van der Waals surface area contributed by atoms with Crippen LogP contribution in [0.5, 0.6) is 0 Å². The number of sulfonamides is 1. The maximum atomic E-state index is 12.3. The highest BCUT2D eigenvalue weighted by molar-refractivity contribution is 7.92. The minimum Gasteiger partial charge on any atom is -0.278 e. The number of anilines is 1. The molecule has 100 valence electrons. The van der Waals surface area contributed by atoms with Crippen LogP contribution in [0.15, 0.2) is 47.4 Å². The molecule has 0 atom stereocenters. The van der Waals surface area contributed by atoms with Crippen molar-refractivity contribution in [3.05, 3.63) is 58.1 Å². The first kappa shape index (κ1) is 14.2. The number of nitrogens with one attached hydrogen (secondary N) is 1. The van der Waals surface area contributed by atoms with Gasteiger partial charge in [-0.2, -0.15) is 0 Å². The molecular weight excluding hydrogens is 305 g/mol. The lowest BCUT2D eigenvalue weighted by Gasteiger charge is -2.11. The Kier molecular flexibility index (Phi) is 4.04. The fourth-order valence-electron chi connectivity index (χ4n) is 1.63. The average Bonchev–Trinajstić information content (AvgIpc) is 2.34. The molecule has 19 heavy (non-hydrogen) atoms. The quantitative estimate of drug-likeness (QED) is 0.926. The molecule has 0 bridgehead atoms. The molecule has 0 saturated heterocycles. The Labute approximate surface area is 122 Å². The molecule has 0 amide bonds. The summed E-state index contributed by atoms with van der Waals surface area (Å²) in [4.78, 5) is 0.214. The third kappa shape index (κ3) is 3.21. The van der Waals surface area contributed by atoms with E-state index in [1.165, 1.54) is 12.1 Å². The highest BCUT2D eigenvalue weighted by Gasteiger charge is 2.17. The van der Waals surface area contributed by atoms with Crippen molar-refractivity contribution in [3.63, 3.8) is 0 Å². The molecule has 6 heteroatoms. The number of rotatable bonds is 3. The lowest BCUT2D eigenvalue weighted by molar-refractivity contribution is 0.600. The van der Waals surface area contributed by atoms with Gasteiger partial charge >= 0.3 is 0 Å². The first-order valence-corrected chi connectivity index (χ1v) is 7.67. The zero-order chi connectivity index (χ0) is 14.0. The first-order chi connectivity index (χ1) is 8.90. The first-order valence-electron chi connectivity index (χ1n) is 5.43. The lowest BCUT2D eigenvalue weighted by Crippen LogP contribution is -2.14. The van der Waals surface area contributed by atoms with E-state index in [1.807, 2.05) is 0 Å². The van der Waals surface area contributed by atoms with Crippen LogP contribution in [0.2, 0.25) is 10.0 Å². The summed E-state index contributed by atoms with van der Waals surface area (Å²) in [5.41, 5.74) is 0.922. The number of benzene rings is 2. The summed E-state index contributed by atoms with van der Waals surface area (Å²) in [6.07, 6.45) is 0. The molecule has 3 nitrogen and oxygen atoms in total. The second-order valence-electron chi connectivity index (χ2n) is 4.00. The molecule has 0 heterocycles. The van der Waals surface area contributed by atoms with Crippen molar-refractivity contribution in [2.75, 3.05) is 4.72 Å². The Morgan fingerprint density at radius 3 is 2.42 bits per heavy atom. The number of hydrogen-bond donors (Lipinski definition) is 1. The molecule has 0 radical (unpaired) electrons. The van der Waals surface area contributed by atoms with Crippen molar-refractivity contribution in [1.82, 2.24) is 0 Å². The van der Waals surface area contributed by atoms with Crippen LogP contribution in [0, 0.1) is 6.92 Å².